The number of hydrogen-bond donors (Lipinski definition) is 0. The van der Waals surface area contributed by atoms with Crippen LogP contribution in [0.2, 0.25) is 0 Å². The number of benzene rings is 1. The SMILES string of the molecule is Cc1cc(C(=O)Cn2c(=O)sc3ccccc3c2=O)c(C)n1-c1ccc(F)cn1. The molecule has 146 valence electrons. The van der Waals surface area contributed by atoms with E-state index in [4.69, 9.17) is 0 Å². The molecule has 8 heteroatoms. The molecule has 0 bridgehead atoms. The smallest absolute Gasteiger partial charge is 0.302 e. The molecule has 0 saturated heterocycles. The number of carbonyl (C=O) groups is 1. The van der Waals surface area contributed by atoms with E-state index in [1.54, 1.807) is 48.7 Å². The van der Waals surface area contributed by atoms with Gasteiger partial charge in [-0.1, -0.05) is 23.5 Å². The van der Waals surface area contributed by atoms with E-state index in [1.807, 2.05) is 0 Å². The molecule has 1 aromatic carbocycles. The van der Waals surface area contributed by atoms with Gasteiger partial charge < -0.3 is 4.57 Å². The molecule has 4 aromatic rings. The minimum Gasteiger partial charge on any atom is -0.302 e. The topological polar surface area (TPSA) is 74.0 Å². The molecule has 0 atom stereocenters. The Morgan fingerprint density at radius 3 is 2.62 bits per heavy atom. The van der Waals surface area contributed by atoms with Crippen molar-refractivity contribution in [1.29, 1.82) is 0 Å². The molecule has 0 saturated carbocycles. The first kappa shape index (κ1) is 18.9. The molecule has 0 unspecified atom stereocenters. The molecule has 0 spiro atoms. The van der Waals surface area contributed by atoms with Gasteiger partial charge in [0.2, 0.25) is 0 Å². The predicted molar refractivity (Wildman–Crippen MR) is 110 cm³/mol. The third-order valence-corrected chi connectivity index (χ3v) is 5.73. The summed E-state index contributed by atoms with van der Waals surface area (Å²) >= 11 is 0.935. The summed E-state index contributed by atoms with van der Waals surface area (Å²) in [6.07, 6.45) is 1.11. The van der Waals surface area contributed by atoms with Crippen molar-refractivity contribution in [3.63, 3.8) is 0 Å². The van der Waals surface area contributed by atoms with Crippen molar-refractivity contribution in [2.75, 3.05) is 0 Å². The van der Waals surface area contributed by atoms with Crippen LogP contribution in [0.4, 0.5) is 4.39 Å². The van der Waals surface area contributed by atoms with E-state index in [9.17, 15) is 18.8 Å². The molecule has 4 rings (SSSR count). The Kier molecular flexibility index (Phi) is 4.71. The quantitative estimate of drug-likeness (QED) is 0.485. The Morgan fingerprint density at radius 2 is 1.90 bits per heavy atom. The van der Waals surface area contributed by atoms with E-state index >= 15 is 0 Å². The van der Waals surface area contributed by atoms with Crippen LogP contribution in [0.5, 0.6) is 0 Å². The standard InChI is InChI=1S/C21H16FN3O3S/c1-12-9-16(13(2)25(12)19-8-7-14(22)10-23-19)17(26)11-24-20(27)15-5-3-4-6-18(15)29-21(24)28/h3-10H,11H2,1-2H3. The first-order valence-corrected chi connectivity index (χ1v) is 9.65. The number of pyridine rings is 1. The Labute approximate surface area is 168 Å². The van der Waals surface area contributed by atoms with Crippen LogP contribution >= 0.6 is 11.3 Å². The maximum Gasteiger partial charge on any atom is 0.310 e. The first-order valence-electron chi connectivity index (χ1n) is 8.83. The Balaban J connectivity index is 1.74. The molecular weight excluding hydrogens is 393 g/mol. The summed E-state index contributed by atoms with van der Waals surface area (Å²) < 4.78 is 16.5. The predicted octanol–water partition coefficient (Wildman–Crippen LogP) is 3.25. The number of aryl methyl sites for hydroxylation is 1. The van der Waals surface area contributed by atoms with Crippen LogP contribution in [0, 0.1) is 19.7 Å². The number of aromatic nitrogens is 3. The molecule has 0 radical (unpaired) electrons. The first-order chi connectivity index (χ1) is 13.9. The maximum absolute atomic E-state index is 13.2. The van der Waals surface area contributed by atoms with Gasteiger partial charge in [-0.05, 0) is 44.2 Å². The summed E-state index contributed by atoms with van der Waals surface area (Å²) in [5.74, 6) is -0.324. The summed E-state index contributed by atoms with van der Waals surface area (Å²) in [6, 6.07) is 11.3. The van der Waals surface area contributed by atoms with Crippen LogP contribution in [0.1, 0.15) is 21.7 Å². The lowest BCUT2D eigenvalue weighted by Gasteiger charge is -2.09. The molecular formula is C21H16FN3O3S. The van der Waals surface area contributed by atoms with E-state index < -0.39 is 16.2 Å². The number of halogens is 1. The van der Waals surface area contributed by atoms with Gasteiger partial charge in [-0.2, -0.15) is 0 Å². The molecule has 0 N–H and O–H groups in total. The molecule has 0 aliphatic heterocycles. The second kappa shape index (κ2) is 7.21. The van der Waals surface area contributed by atoms with Crippen LogP contribution in [0.3, 0.4) is 0 Å². The highest BCUT2D eigenvalue weighted by Crippen LogP contribution is 2.20. The number of hydrogen-bond acceptors (Lipinski definition) is 5. The lowest BCUT2D eigenvalue weighted by atomic mass is 10.1. The van der Waals surface area contributed by atoms with Gasteiger partial charge in [-0.15, -0.1) is 0 Å². The van der Waals surface area contributed by atoms with E-state index in [2.05, 4.69) is 4.98 Å². The molecule has 6 nitrogen and oxygen atoms in total. The lowest BCUT2D eigenvalue weighted by molar-refractivity contribution is 0.0969. The number of fused-ring (bicyclic) bond motifs is 1. The second-order valence-electron chi connectivity index (χ2n) is 6.63. The van der Waals surface area contributed by atoms with Crippen LogP contribution in [-0.4, -0.2) is 19.9 Å². The Bertz CT molecular complexity index is 1370. The van der Waals surface area contributed by atoms with E-state index in [1.165, 1.54) is 12.1 Å². The number of ketones is 1. The monoisotopic (exact) mass is 409 g/mol. The van der Waals surface area contributed by atoms with Gasteiger partial charge in [0, 0.05) is 21.7 Å². The molecule has 0 aliphatic carbocycles. The van der Waals surface area contributed by atoms with Gasteiger partial charge in [-0.3, -0.25) is 19.0 Å². The van der Waals surface area contributed by atoms with Crippen LogP contribution in [0.25, 0.3) is 15.9 Å². The summed E-state index contributed by atoms with van der Waals surface area (Å²) in [5, 5.41) is 0.408. The average molecular weight is 409 g/mol. The summed E-state index contributed by atoms with van der Waals surface area (Å²) in [6.45, 7) is 3.20. The van der Waals surface area contributed by atoms with Crippen LogP contribution < -0.4 is 10.4 Å². The largest absolute Gasteiger partial charge is 0.310 e. The van der Waals surface area contributed by atoms with Gasteiger partial charge in [0.1, 0.15) is 11.6 Å². The van der Waals surface area contributed by atoms with Crippen LogP contribution in [-0.2, 0) is 6.54 Å². The van der Waals surface area contributed by atoms with Crippen molar-refractivity contribution in [2.24, 2.45) is 0 Å². The lowest BCUT2D eigenvalue weighted by Crippen LogP contribution is -2.33. The van der Waals surface area contributed by atoms with Gasteiger partial charge in [0.25, 0.3) is 5.56 Å². The minimum absolute atomic E-state index is 0.347. The third-order valence-electron chi connectivity index (χ3n) is 4.75. The van der Waals surface area contributed by atoms with Crippen LogP contribution in [0.15, 0.2) is 58.3 Å². The molecule has 0 aliphatic rings. The highest BCUT2D eigenvalue weighted by atomic mass is 32.1. The molecule has 3 aromatic heterocycles. The highest BCUT2D eigenvalue weighted by Gasteiger charge is 2.19. The van der Waals surface area contributed by atoms with Crippen molar-refractivity contribution in [3.8, 4) is 5.82 Å². The zero-order chi connectivity index (χ0) is 20.7. The van der Waals surface area contributed by atoms with Crippen molar-refractivity contribution in [1.82, 2.24) is 14.1 Å². The Hall–Kier alpha value is -3.39. The minimum atomic E-state index is -0.480. The molecule has 3 heterocycles. The highest BCUT2D eigenvalue weighted by molar-refractivity contribution is 7.16. The van der Waals surface area contributed by atoms with E-state index in [0.717, 1.165) is 27.8 Å². The maximum atomic E-state index is 13.2. The zero-order valence-corrected chi connectivity index (χ0v) is 16.5. The van der Waals surface area contributed by atoms with Gasteiger partial charge in [0.15, 0.2) is 5.78 Å². The van der Waals surface area contributed by atoms with Crippen molar-refractivity contribution < 1.29 is 9.18 Å². The summed E-state index contributed by atoms with van der Waals surface area (Å²) in [7, 11) is 0. The number of carbonyl (C=O) groups excluding carboxylic acids is 1. The summed E-state index contributed by atoms with van der Waals surface area (Å²) in [4.78, 5) is 41.6. The van der Waals surface area contributed by atoms with E-state index in [0.29, 0.717) is 27.2 Å². The van der Waals surface area contributed by atoms with Crippen molar-refractivity contribution >= 4 is 27.2 Å². The number of Topliss-reactive ketones (excluding diaryl/α,β-unsaturated/α-hetero) is 1. The fourth-order valence-corrected chi connectivity index (χ4v) is 4.23. The zero-order valence-electron chi connectivity index (χ0n) is 15.7. The normalized spacial score (nSPS) is 11.1. The Morgan fingerprint density at radius 1 is 1.14 bits per heavy atom. The van der Waals surface area contributed by atoms with Crippen molar-refractivity contribution in [3.05, 3.63) is 91.5 Å². The fraction of sp³-hybridized carbons (Fsp3) is 0.143. The van der Waals surface area contributed by atoms with E-state index in [-0.39, 0.29) is 12.3 Å². The van der Waals surface area contributed by atoms with Gasteiger partial charge in [0.05, 0.1) is 18.1 Å². The van der Waals surface area contributed by atoms with Crippen molar-refractivity contribution in [2.45, 2.75) is 20.4 Å². The molecule has 0 fully saturated rings. The molecule has 0 amide bonds. The fourth-order valence-electron chi connectivity index (χ4n) is 3.37. The third kappa shape index (κ3) is 3.31. The average Bonchev–Trinajstić information content (AvgIpc) is 3.00. The summed E-state index contributed by atoms with van der Waals surface area (Å²) in [5.41, 5.74) is 1.25. The number of rotatable bonds is 4. The second-order valence-corrected chi connectivity index (χ2v) is 7.63. The van der Waals surface area contributed by atoms with Gasteiger partial charge >= 0.3 is 4.87 Å². The molecule has 29 heavy (non-hydrogen) atoms. The number of nitrogens with zero attached hydrogens (tertiary/aromatic N) is 3. The van der Waals surface area contributed by atoms with Gasteiger partial charge in [-0.25, -0.2) is 9.37 Å².